The van der Waals surface area contributed by atoms with Gasteiger partial charge in [0.15, 0.2) is 5.11 Å². The van der Waals surface area contributed by atoms with Crippen LogP contribution in [0.3, 0.4) is 0 Å². The summed E-state index contributed by atoms with van der Waals surface area (Å²) in [7, 11) is 0. The molecule has 33 heavy (non-hydrogen) atoms. The fourth-order valence-electron chi connectivity index (χ4n) is 4.78. The molecular formula is C27H27N5S. The van der Waals surface area contributed by atoms with E-state index in [9.17, 15) is 0 Å². The molecule has 0 amide bonds. The van der Waals surface area contributed by atoms with Crippen LogP contribution in [0.25, 0.3) is 5.82 Å². The Labute approximate surface area is 200 Å². The van der Waals surface area contributed by atoms with Gasteiger partial charge in [0.1, 0.15) is 5.82 Å². The van der Waals surface area contributed by atoms with E-state index in [4.69, 9.17) is 12.2 Å². The van der Waals surface area contributed by atoms with Crippen molar-refractivity contribution >= 4 is 23.0 Å². The van der Waals surface area contributed by atoms with E-state index < -0.39 is 0 Å². The maximum Gasteiger partial charge on any atom is 0.174 e. The Bertz CT molecular complexity index is 1310. The summed E-state index contributed by atoms with van der Waals surface area (Å²) < 4.78 is 2.24. The number of aryl methyl sites for hydroxylation is 3. The molecule has 1 saturated heterocycles. The predicted octanol–water partition coefficient (Wildman–Crippen LogP) is 5.68. The summed E-state index contributed by atoms with van der Waals surface area (Å²) in [6.45, 7) is 8.50. The van der Waals surface area contributed by atoms with Crippen LogP contribution in [0.2, 0.25) is 0 Å². The Balaban J connectivity index is 1.69. The smallest absolute Gasteiger partial charge is 0.174 e. The Morgan fingerprint density at radius 2 is 1.64 bits per heavy atom. The highest BCUT2D eigenvalue weighted by Gasteiger charge is 2.42. The highest BCUT2D eigenvalue weighted by atomic mass is 32.1. The molecule has 6 heteroatoms. The highest BCUT2D eigenvalue weighted by Crippen LogP contribution is 2.43. The Morgan fingerprint density at radius 1 is 0.879 bits per heavy atom. The zero-order chi connectivity index (χ0) is 23.1. The van der Waals surface area contributed by atoms with E-state index in [0.29, 0.717) is 5.11 Å². The van der Waals surface area contributed by atoms with Crippen molar-refractivity contribution in [1.29, 1.82) is 0 Å². The van der Waals surface area contributed by atoms with Crippen molar-refractivity contribution in [2.75, 3.05) is 4.90 Å². The molecule has 0 radical (unpaired) electrons. The molecule has 4 heterocycles. The standard InChI is InChI=1S/C27H27N5S/c1-17-10-12-21(13-11-17)32-25(24(30-27(32)33)23-9-5-6-14-28-23)22-16-19(3)31(20(22)4)26-18(2)8-7-15-29-26/h5-16,24-25H,1-4H3,(H,30,33)/t24-,25-/m1/s1. The van der Waals surface area contributed by atoms with E-state index in [1.165, 1.54) is 11.1 Å². The molecule has 0 bridgehead atoms. The molecule has 0 aliphatic carbocycles. The lowest BCUT2D eigenvalue weighted by Crippen LogP contribution is -2.29. The van der Waals surface area contributed by atoms with E-state index in [-0.39, 0.29) is 12.1 Å². The molecular weight excluding hydrogens is 426 g/mol. The Kier molecular flexibility index (Phi) is 5.46. The molecule has 5 nitrogen and oxygen atoms in total. The summed E-state index contributed by atoms with van der Waals surface area (Å²) in [6.07, 6.45) is 3.69. The van der Waals surface area contributed by atoms with E-state index in [1.807, 2.05) is 30.6 Å². The lowest BCUT2D eigenvalue weighted by Gasteiger charge is -2.28. The van der Waals surface area contributed by atoms with Gasteiger partial charge in [0, 0.05) is 29.5 Å². The summed E-state index contributed by atoms with van der Waals surface area (Å²) in [6, 6.07) is 20.8. The predicted molar refractivity (Wildman–Crippen MR) is 137 cm³/mol. The molecule has 2 atom stereocenters. The average Bonchev–Trinajstić information content (AvgIpc) is 3.31. The second-order valence-electron chi connectivity index (χ2n) is 8.64. The first-order chi connectivity index (χ1) is 16.0. The average molecular weight is 454 g/mol. The van der Waals surface area contributed by atoms with E-state index >= 15 is 0 Å². The van der Waals surface area contributed by atoms with Crippen LogP contribution in [0.1, 0.15) is 45.9 Å². The first-order valence-corrected chi connectivity index (χ1v) is 11.5. The number of nitrogens with one attached hydrogen (secondary N) is 1. The van der Waals surface area contributed by atoms with Crippen LogP contribution in [0, 0.1) is 27.7 Å². The van der Waals surface area contributed by atoms with Gasteiger partial charge in [-0.05, 0) is 87.4 Å². The normalized spacial score (nSPS) is 17.9. The van der Waals surface area contributed by atoms with Crippen LogP contribution in [0.5, 0.6) is 0 Å². The molecule has 1 aliphatic rings. The largest absolute Gasteiger partial charge is 0.351 e. The number of nitrogens with zero attached hydrogens (tertiary/aromatic N) is 4. The second kappa shape index (κ2) is 8.45. The van der Waals surface area contributed by atoms with Gasteiger partial charge in [-0.2, -0.15) is 0 Å². The van der Waals surface area contributed by atoms with E-state index in [2.05, 4.69) is 94.9 Å². The Hall–Kier alpha value is -3.51. The molecule has 0 saturated carbocycles. The summed E-state index contributed by atoms with van der Waals surface area (Å²) >= 11 is 5.87. The van der Waals surface area contributed by atoms with Crippen LogP contribution in [-0.4, -0.2) is 19.6 Å². The quantitative estimate of drug-likeness (QED) is 0.403. The number of hydrogen-bond donors (Lipinski definition) is 1. The molecule has 1 fully saturated rings. The number of aromatic nitrogens is 3. The van der Waals surface area contributed by atoms with Gasteiger partial charge in [-0.3, -0.25) is 4.98 Å². The first-order valence-electron chi connectivity index (χ1n) is 11.1. The molecule has 1 aliphatic heterocycles. The minimum Gasteiger partial charge on any atom is -0.351 e. The summed E-state index contributed by atoms with van der Waals surface area (Å²) in [5, 5.41) is 4.27. The number of anilines is 1. The Morgan fingerprint density at radius 3 is 2.33 bits per heavy atom. The number of pyridine rings is 2. The zero-order valence-corrected chi connectivity index (χ0v) is 20.1. The van der Waals surface area contributed by atoms with Gasteiger partial charge in [0.25, 0.3) is 0 Å². The van der Waals surface area contributed by atoms with E-state index in [0.717, 1.165) is 34.2 Å². The maximum atomic E-state index is 5.87. The SMILES string of the molecule is Cc1ccc(N2C(=S)N[C@H](c3ccccn3)[C@H]2c2cc(C)n(-c3ncccc3C)c2C)cc1. The third kappa shape index (κ3) is 3.70. The van der Waals surface area contributed by atoms with Crippen molar-refractivity contribution in [2.45, 2.75) is 39.8 Å². The zero-order valence-electron chi connectivity index (χ0n) is 19.3. The van der Waals surface area contributed by atoms with Crippen molar-refractivity contribution < 1.29 is 0 Å². The van der Waals surface area contributed by atoms with Crippen molar-refractivity contribution in [2.24, 2.45) is 0 Å². The molecule has 3 aromatic heterocycles. The van der Waals surface area contributed by atoms with Crippen LogP contribution in [0.15, 0.2) is 73.1 Å². The molecule has 4 aromatic rings. The van der Waals surface area contributed by atoms with Crippen LogP contribution in [-0.2, 0) is 0 Å². The lowest BCUT2D eigenvalue weighted by molar-refractivity contribution is 0.565. The van der Waals surface area contributed by atoms with Crippen LogP contribution < -0.4 is 10.2 Å². The fraction of sp³-hybridized carbons (Fsp3) is 0.222. The van der Waals surface area contributed by atoms with Gasteiger partial charge in [0.2, 0.25) is 0 Å². The fourth-order valence-corrected chi connectivity index (χ4v) is 5.12. The summed E-state index contributed by atoms with van der Waals surface area (Å²) in [5.41, 5.74) is 7.91. The monoisotopic (exact) mass is 453 g/mol. The third-order valence-electron chi connectivity index (χ3n) is 6.39. The van der Waals surface area contributed by atoms with Gasteiger partial charge >= 0.3 is 0 Å². The molecule has 0 spiro atoms. The number of benzene rings is 1. The van der Waals surface area contributed by atoms with Crippen LogP contribution >= 0.6 is 12.2 Å². The van der Waals surface area contributed by atoms with Gasteiger partial charge in [0.05, 0.1) is 17.8 Å². The first kappa shape index (κ1) is 21.3. The molecule has 0 unspecified atom stereocenters. The van der Waals surface area contributed by atoms with Crippen molar-refractivity contribution in [3.8, 4) is 5.82 Å². The van der Waals surface area contributed by atoms with Crippen molar-refractivity contribution in [3.05, 3.63) is 107 Å². The summed E-state index contributed by atoms with van der Waals surface area (Å²) in [4.78, 5) is 11.6. The van der Waals surface area contributed by atoms with Crippen LogP contribution in [0.4, 0.5) is 5.69 Å². The minimum atomic E-state index is -0.0706. The lowest BCUT2D eigenvalue weighted by atomic mass is 9.96. The number of rotatable bonds is 4. The molecule has 5 rings (SSSR count). The number of thiocarbonyl (C=S) groups is 1. The third-order valence-corrected chi connectivity index (χ3v) is 6.71. The van der Waals surface area contributed by atoms with Crippen molar-refractivity contribution in [3.63, 3.8) is 0 Å². The van der Waals surface area contributed by atoms with Gasteiger partial charge in [-0.25, -0.2) is 4.98 Å². The molecule has 1 aromatic carbocycles. The van der Waals surface area contributed by atoms with Gasteiger partial charge in [-0.1, -0.05) is 29.8 Å². The minimum absolute atomic E-state index is 0.0425. The summed E-state index contributed by atoms with van der Waals surface area (Å²) in [5.74, 6) is 0.962. The molecule has 166 valence electrons. The highest BCUT2D eigenvalue weighted by molar-refractivity contribution is 7.80. The number of hydrogen-bond acceptors (Lipinski definition) is 3. The van der Waals surface area contributed by atoms with Gasteiger partial charge < -0.3 is 14.8 Å². The van der Waals surface area contributed by atoms with Gasteiger partial charge in [-0.15, -0.1) is 0 Å². The molecule has 1 N–H and O–H groups in total. The van der Waals surface area contributed by atoms with Crippen molar-refractivity contribution in [1.82, 2.24) is 19.9 Å². The topological polar surface area (TPSA) is 46.0 Å². The van der Waals surface area contributed by atoms with E-state index in [1.54, 1.807) is 0 Å². The maximum absolute atomic E-state index is 5.87. The second-order valence-corrected chi connectivity index (χ2v) is 9.02.